The van der Waals surface area contributed by atoms with Crippen LogP contribution in [0.25, 0.3) is 0 Å². The lowest BCUT2D eigenvalue weighted by atomic mass is 9.95. The summed E-state index contributed by atoms with van der Waals surface area (Å²) in [7, 11) is 0. The number of rotatable bonds is 5. The summed E-state index contributed by atoms with van der Waals surface area (Å²) in [5.74, 6) is 1.60. The summed E-state index contributed by atoms with van der Waals surface area (Å²) < 4.78 is 0. The Morgan fingerprint density at radius 3 is 2.39 bits per heavy atom. The van der Waals surface area contributed by atoms with Crippen molar-refractivity contribution in [2.24, 2.45) is 5.92 Å². The van der Waals surface area contributed by atoms with Crippen molar-refractivity contribution in [3.63, 3.8) is 0 Å². The van der Waals surface area contributed by atoms with Gasteiger partial charge in [0.1, 0.15) is 0 Å². The summed E-state index contributed by atoms with van der Waals surface area (Å²) >= 11 is 0. The van der Waals surface area contributed by atoms with Gasteiger partial charge in [-0.3, -0.25) is 9.69 Å². The lowest BCUT2D eigenvalue weighted by molar-refractivity contribution is -0.141. The van der Waals surface area contributed by atoms with Crippen LogP contribution in [0.3, 0.4) is 0 Å². The standard InChI is InChI=1S/C15H25NO2/c1-3-11-16(12-13(2)15(17)18)14-9-7-5-4-6-8-10-14/h1,13-14H,4-12H2,2H3,(H,17,18). The molecule has 0 radical (unpaired) electrons. The van der Waals surface area contributed by atoms with Crippen molar-refractivity contribution in [1.82, 2.24) is 4.90 Å². The van der Waals surface area contributed by atoms with Crippen molar-refractivity contribution in [3.05, 3.63) is 0 Å². The number of hydrogen-bond acceptors (Lipinski definition) is 2. The molecule has 0 amide bonds. The van der Waals surface area contributed by atoms with Crippen LogP contribution in [0.2, 0.25) is 0 Å². The van der Waals surface area contributed by atoms with Gasteiger partial charge in [-0.1, -0.05) is 44.9 Å². The van der Waals surface area contributed by atoms with Gasteiger partial charge in [0.2, 0.25) is 0 Å². The predicted molar refractivity (Wildman–Crippen MR) is 73.3 cm³/mol. The summed E-state index contributed by atoms with van der Waals surface area (Å²) in [6.07, 6.45) is 14.2. The van der Waals surface area contributed by atoms with Gasteiger partial charge in [-0.15, -0.1) is 6.42 Å². The molecule has 0 heterocycles. The molecule has 102 valence electrons. The summed E-state index contributed by atoms with van der Waals surface area (Å²) in [4.78, 5) is 13.2. The molecule has 0 aromatic heterocycles. The third-order valence-corrected chi connectivity index (χ3v) is 3.82. The zero-order chi connectivity index (χ0) is 13.4. The first kappa shape index (κ1) is 15.0. The second kappa shape index (κ2) is 8.16. The maximum atomic E-state index is 11.0. The average Bonchev–Trinajstić information content (AvgIpc) is 2.27. The third kappa shape index (κ3) is 5.10. The number of nitrogens with zero attached hydrogens (tertiary/aromatic N) is 1. The minimum Gasteiger partial charge on any atom is -0.481 e. The fraction of sp³-hybridized carbons (Fsp3) is 0.800. The molecule has 0 aliphatic heterocycles. The average molecular weight is 251 g/mol. The van der Waals surface area contributed by atoms with E-state index in [-0.39, 0.29) is 5.92 Å². The Labute approximate surface area is 111 Å². The van der Waals surface area contributed by atoms with Crippen molar-refractivity contribution in [2.45, 2.75) is 57.9 Å². The monoisotopic (exact) mass is 251 g/mol. The number of carboxylic acids is 1. The first-order chi connectivity index (χ1) is 8.65. The van der Waals surface area contributed by atoms with E-state index in [1.807, 2.05) is 0 Å². The van der Waals surface area contributed by atoms with Crippen molar-refractivity contribution >= 4 is 5.97 Å². The smallest absolute Gasteiger partial charge is 0.307 e. The number of aliphatic carboxylic acids is 1. The molecule has 1 rings (SSSR count). The van der Waals surface area contributed by atoms with E-state index in [1.54, 1.807) is 6.92 Å². The molecule has 3 nitrogen and oxygen atoms in total. The van der Waals surface area contributed by atoms with E-state index in [4.69, 9.17) is 11.5 Å². The minimum atomic E-state index is -0.733. The molecule has 1 aliphatic carbocycles. The Morgan fingerprint density at radius 1 is 1.33 bits per heavy atom. The Bertz CT molecular complexity index is 287. The molecule has 0 aromatic rings. The van der Waals surface area contributed by atoms with Gasteiger partial charge in [0, 0.05) is 12.6 Å². The topological polar surface area (TPSA) is 40.5 Å². The van der Waals surface area contributed by atoms with Gasteiger partial charge in [0.05, 0.1) is 12.5 Å². The van der Waals surface area contributed by atoms with E-state index in [1.165, 1.54) is 32.1 Å². The number of hydrogen-bond donors (Lipinski definition) is 1. The quantitative estimate of drug-likeness (QED) is 0.764. The fourth-order valence-electron chi connectivity index (χ4n) is 2.69. The van der Waals surface area contributed by atoms with Gasteiger partial charge in [0.15, 0.2) is 0 Å². The van der Waals surface area contributed by atoms with Gasteiger partial charge in [0.25, 0.3) is 0 Å². The van der Waals surface area contributed by atoms with Crippen molar-refractivity contribution in [3.8, 4) is 12.3 Å². The molecule has 1 saturated carbocycles. The second-order valence-electron chi connectivity index (χ2n) is 5.37. The summed E-state index contributed by atoms with van der Waals surface area (Å²) in [6, 6.07) is 0.475. The lowest BCUT2D eigenvalue weighted by Gasteiger charge is -2.32. The third-order valence-electron chi connectivity index (χ3n) is 3.82. The fourth-order valence-corrected chi connectivity index (χ4v) is 2.69. The van der Waals surface area contributed by atoms with Crippen LogP contribution < -0.4 is 0 Å². The Balaban J connectivity index is 2.57. The van der Waals surface area contributed by atoms with Crippen LogP contribution in [0.5, 0.6) is 0 Å². The van der Waals surface area contributed by atoms with Crippen molar-refractivity contribution in [2.75, 3.05) is 13.1 Å². The lowest BCUT2D eigenvalue weighted by Crippen LogP contribution is -2.40. The predicted octanol–water partition coefficient (Wildman–Crippen LogP) is 2.76. The number of terminal acetylenes is 1. The van der Waals surface area contributed by atoms with E-state index in [2.05, 4.69) is 10.8 Å². The molecule has 1 aliphatic rings. The molecule has 1 N–H and O–H groups in total. The zero-order valence-electron chi connectivity index (χ0n) is 11.4. The van der Waals surface area contributed by atoms with Crippen LogP contribution in [0.15, 0.2) is 0 Å². The number of carbonyl (C=O) groups is 1. The van der Waals surface area contributed by atoms with E-state index < -0.39 is 5.97 Å². The maximum Gasteiger partial charge on any atom is 0.307 e. The van der Waals surface area contributed by atoms with Gasteiger partial charge < -0.3 is 5.11 Å². The van der Waals surface area contributed by atoms with Gasteiger partial charge in [-0.25, -0.2) is 0 Å². The first-order valence-electron chi connectivity index (χ1n) is 7.05. The van der Waals surface area contributed by atoms with Crippen LogP contribution in [-0.2, 0) is 4.79 Å². The molecule has 3 heteroatoms. The van der Waals surface area contributed by atoms with E-state index >= 15 is 0 Å². The Morgan fingerprint density at radius 2 is 1.89 bits per heavy atom. The van der Waals surface area contributed by atoms with Crippen LogP contribution >= 0.6 is 0 Å². The van der Waals surface area contributed by atoms with Crippen molar-refractivity contribution < 1.29 is 9.90 Å². The highest BCUT2D eigenvalue weighted by molar-refractivity contribution is 5.69. The Hall–Kier alpha value is -1.01. The highest BCUT2D eigenvalue weighted by Gasteiger charge is 2.22. The highest BCUT2D eigenvalue weighted by Crippen LogP contribution is 2.22. The van der Waals surface area contributed by atoms with E-state index in [9.17, 15) is 4.79 Å². The molecule has 0 saturated heterocycles. The van der Waals surface area contributed by atoms with Gasteiger partial charge in [-0.2, -0.15) is 0 Å². The molecule has 1 atom stereocenters. The summed E-state index contributed by atoms with van der Waals surface area (Å²) in [5.41, 5.74) is 0. The van der Waals surface area contributed by atoms with Crippen LogP contribution in [0.1, 0.15) is 51.9 Å². The molecule has 1 fully saturated rings. The largest absolute Gasteiger partial charge is 0.481 e. The molecule has 1 unspecified atom stereocenters. The maximum absolute atomic E-state index is 11.0. The molecule has 0 aromatic carbocycles. The zero-order valence-corrected chi connectivity index (χ0v) is 11.4. The SMILES string of the molecule is C#CCN(CC(C)C(=O)O)C1CCCCCCC1. The molecule has 18 heavy (non-hydrogen) atoms. The van der Waals surface area contributed by atoms with Crippen molar-refractivity contribution in [1.29, 1.82) is 0 Å². The highest BCUT2D eigenvalue weighted by atomic mass is 16.4. The van der Waals surface area contributed by atoms with Gasteiger partial charge >= 0.3 is 5.97 Å². The summed E-state index contributed by atoms with van der Waals surface area (Å²) in [6.45, 7) is 2.90. The number of carboxylic acid groups (broad SMARTS) is 1. The van der Waals surface area contributed by atoms with Crippen LogP contribution in [-0.4, -0.2) is 35.1 Å². The first-order valence-corrected chi connectivity index (χ1v) is 7.05. The van der Waals surface area contributed by atoms with Gasteiger partial charge in [-0.05, 0) is 12.8 Å². The molecule has 0 spiro atoms. The normalized spacial score (nSPS) is 19.8. The molecular weight excluding hydrogens is 226 g/mol. The second-order valence-corrected chi connectivity index (χ2v) is 5.37. The molecule has 0 bridgehead atoms. The van der Waals surface area contributed by atoms with E-state index in [0.29, 0.717) is 19.1 Å². The minimum absolute atomic E-state index is 0.344. The Kier molecular flexibility index (Phi) is 6.82. The molecular formula is C15H25NO2. The van der Waals surface area contributed by atoms with Crippen LogP contribution in [0, 0.1) is 18.3 Å². The summed E-state index contributed by atoms with van der Waals surface area (Å²) in [5, 5.41) is 9.02. The van der Waals surface area contributed by atoms with E-state index in [0.717, 1.165) is 12.8 Å². The van der Waals surface area contributed by atoms with Crippen LogP contribution in [0.4, 0.5) is 0 Å².